The Balaban J connectivity index is 0.00000210. The molecule has 0 spiro atoms. The zero-order valence-electron chi connectivity index (χ0n) is 15.5. The summed E-state index contributed by atoms with van der Waals surface area (Å²) in [6, 6.07) is 19.8. The van der Waals surface area contributed by atoms with Crippen LogP contribution < -0.4 is 11.1 Å². The molecule has 0 aromatic heterocycles. The second-order valence-electron chi connectivity index (χ2n) is 7.59. The van der Waals surface area contributed by atoms with Gasteiger partial charge in [0.1, 0.15) is 0 Å². The van der Waals surface area contributed by atoms with E-state index < -0.39 is 0 Å². The number of benzene rings is 2. The quantitative estimate of drug-likeness (QED) is 0.828. The number of piperidine rings is 1. The molecule has 2 bridgehead atoms. The largest absolute Gasteiger partial charge is 0.349 e. The van der Waals surface area contributed by atoms with E-state index in [0.717, 1.165) is 30.5 Å². The van der Waals surface area contributed by atoms with Gasteiger partial charge in [-0.05, 0) is 48.9 Å². The van der Waals surface area contributed by atoms with E-state index in [9.17, 15) is 4.79 Å². The molecule has 0 radical (unpaired) electrons. The number of rotatable bonds is 5. The smallest absolute Gasteiger partial charge is 0.251 e. The van der Waals surface area contributed by atoms with Crippen molar-refractivity contribution in [1.82, 2.24) is 10.2 Å². The molecule has 2 unspecified atom stereocenters. The molecule has 2 atom stereocenters. The average Bonchev–Trinajstić information content (AvgIpc) is 2.91. The first kappa shape index (κ1) is 19.9. The van der Waals surface area contributed by atoms with Gasteiger partial charge >= 0.3 is 0 Å². The molecule has 3 N–H and O–H groups in total. The summed E-state index contributed by atoms with van der Waals surface area (Å²) < 4.78 is 0. The molecule has 2 aliphatic rings. The first-order valence-electron chi connectivity index (χ1n) is 9.62. The van der Waals surface area contributed by atoms with Gasteiger partial charge in [-0.1, -0.05) is 42.5 Å². The molecule has 4 rings (SSSR count). The van der Waals surface area contributed by atoms with Crippen LogP contribution in [0.25, 0.3) is 0 Å². The lowest BCUT2D eigenvalue weighted by molar-refractivity contribution is 0.0828. The van der Waals surface area contributed by atoms with E-state index >= 15 is 0 Å². The van der Waals surface area contributed by atoms with Crippen LogP contribution in [0.3, 0.4) is 0 Å². The second-order valence-corrected chi connectivity index (χ2v) is 7.59. The zero-order chi connectivity index (χ0) is 17.9. The lowest BCUT2D eigenvalue weighted by Crippen LogP contribution is -2.49. The van der Waals surface area contributed by atoms with Gasteiger partial charge in [-0.2, -0.15) is 0 Å². The van der Waals surface area contributed by atoms with E-state index in [0.29, 0.717) is 18.6 Å². The van der Waals surface area contributed by atoms with Crippen molar-refractivity contribution >= 4 is 18.3 Å². The Morgan fingerprint density at radius 3 is 2.19 bits per heavy atom. The van der Waals surface area contributed by atoms with Crippen LogP contribution in [0.1, 0.15) is 47.2 Å². The SMILES string of the molecule is Cl.NCc1ccc(C(=O)NC2CC3CCC(C2)N3Cc2ccccc2)cc1. The Bertz CT molecular complexity index is 736. The highest BCUT2D eigenvalue weighted by Gasteiger charge is 2.40. The summed E-state index contributed by atoms with van der Waals surface area (Å²) >= 11 is 0. The Morgan fingerprint density at radius 2 is 1.59 bits per heavy atom. The highest BCUT2D eigenvalue weighted by molar-refractivity contribution is 5.94. The number of carbonyl (C=O) groups is 1. The molecule has 0 aliphatic carbocycles. The molecule has 4 nitrogen and oxygen atoms in total. The summed E-state index contributed by atoms with van der Waals surface area (Å²) in [6.45, 7) is 1.53. The van der Waals surface area contributed by atoms with Crippen molar-refractivity contribution in [3.8, 4) is 0 Å². The molecule has 1 amide bonds. The molecule has 2 aromatic carbocycles. The Kier molecular flexibility index (Phi) is 6.53. The highest BCUT2D eigenvalue weighted by Crippen LogP contribution is 2.36. The van der Waals surface area contributed by atoms with E-state index in [1.165, 1.54) is 18.4 Å². The number of hydrogen-bond donors (Lipinski definition) is 2. The van der Waals surface area contributed by atoms with Crippen LogP contribution >= 0.6 is 12.4 Å². The third-order valence-corrected chi connectivity index (χ3v) is 5.88. The number of hydrogen-bond acceptors (Lipinski definition) is 3. The number of carbonyl (C=O) groups excluding carboxylic acids is 1. The summed E-state index contributed by atoms with van der Waals surface area (Å²) in [5.74, 6) is 0.0366. The Labute approximate surface area is 167 Å². The standard InChI is InChI=1S/C22H27N3O.ClH/c23-14-16-6-8-18(9-7-16)22(26)24-19-12-20-10-11-21(13-19)25(20)15-17-4-2-1-3-5-17;/h1-9,19-21H,10-15,23H2,(H,24,26);1H. The molecule has 5 heteroatoms. The maximum absolute atomic E-state index is 12.6. The molecule has 144 valence electrons. The van der Waals surface area contributed by atoms with Crippen molar-refractivity contribution in [2.75, 3.05) is 0 Å². The van der Waals surface area contributed by atoms with Crippen molar-refractivity contribution in [1.29, 1.82) is 0 Å². The van der Waals surface area contributed by atoms with Crippen molar-refractivity contribution < 1.29 is 4.79 Å². The predicted molar refractivity (Wildman–Crippen MR) is 111 cm³/mol. The van der Waals surface area contributed by atoms with E-state index in [2.05, 4.69) is 40.5 Å². The summed E-state index contributed by atoms with van der Waals surface area (Å²) in [5, 5.41) is 3.26. The number of nitrogens with one attached hydrogen (secondary N) is 1. The first-order chi connectivity index (χ1) is 12.7. The van der Waals surface area contributed by atoms with Gasteiger partial charge in [-0.3, -0.25) is 9.69 Å². The minimum atomic E-state index is 0. The molecule has 2 aromatic rings. The van der Waals surface area contributed by atoms with Crippen molar-refractivity contribution in [2.45, 2.75) is 56.9 Å². The van der Waals surface area contributed by atoms with Gasteiger partial charge in [0.05, 0.1) is 0 Å². The normalized spacial score (nSPS) is 24.3. The lowest BCUT2D eigenvalue weighted by Gasteiger charge is -2.39. The minimum absolute atomic E-state index is 0. The number of fused-ring (bicyclic) bond motifs is 2. The van der Waals surface area contributed by atoms with Crippen LogP contribution in [0.4, 0.5) is 0 Å². The van der Waals surface area contributed by atoms with Crippen molar-refractivity contribution in [3.63, 3.8) is 0 Å². The van der Waals surface area contributed by atoms with Crippen LogP contribution in [0, 0.1) is 0 Å². The van der Waals surface area contributed by atoms with Crippen molar-refractivity contribution in [2.24, 2.45) is 5.73 Å². The van der Waals surface area contributed by atoms with Gasteiger partial charge in [0.2, 0.25) is 0 Å². The average molecular weight is 386 g/mol. The Morgan fingerprint density at radius 1 is 0.963 bits per heavy atom. The fraction of sp³-hybridized carbons (Fsp3) is 0.409. The minimum Gasteiger partial charge on any atom is -0.349 e. The topological polar surface area (TPSA) is 58.4 Å². The predicted octanol–water partition coefficient (Wildman–Crippen LogP) is 3.49. The number of nitrogens with two attached hydrogens (primary N) is 1. The third kappa shape index (κ3) is 4.52. The fourth-order valence-corrected chi connectivity index (χ4v) is 4.51. The zero-order valence-corrected chi connectivity index (χ0v) is 16.3. The maximum Gasteiger partial charge on any atom is 0.251 e. The van der Waals surface area contributed by atoms with Crippen LogP contribution in [0.15, 0.2) is 54.6 Å². The van der Waals surface area contributed by atoms with Gasteiger partial charge in [-0.25, -0.2) is 0 Å². The first-order valence-corrected chi connectivity index (χ1v) is 9.62. The van der Waals surface area contributed by atoms with Gasteiger partial charge < -0.3 is 11.1 Å². The fourth-order valence-electron chi connectivity index (χ4n) is 4.51. The van der Waals surface area contributed by atoms with Crippen molar-refractivity contribution in [3.05, 3.63) is 71.3 Å². The number of amides is 1. The van der Waals surface area contributed by atoms with Crippen LogP contribution in [0.2, 0.25) is 0 Å². The molecular weight excluding hydrogens is 358 g/mol. The molecular formula is C22H28ClN3O. The van der Waals surface area contributed by atoms with Crippen LogP contribution in [0.5, 0.6) is 0 Å². The lowest BCUT2D eigenvalue weighted by atomic mass is 9.96. The third-order valence-electron chi connectivity index (χ3n) is 5.88. The maximum atomic E-state index is 12.6. The van der Waals surface area contributed by atoms with Gasteiger partial charge in [0.25, 0.3) is 5.91 Å². The van der Waals surface area contributed by atoms with E-state index in [4.69, 9.17) is 5.73 Å². The number of nitrogens with zero attached hydrogens (tertiary/aromatic N) is 1. The molecule has 2 aliphatic heterocycles. The highest BCUT2D eigenvalue weighted by atomic mass is 35.5. The summed E-state index contributed by atoms with van der Waals surface area (Å²) in [5.41, 5.74) is 8.78. The van der Waals surface area contributed by atoms with E-state index in [1.807, 2.05) is 24.3 Å². The van der Waals surface area contributed by atoms with E-state index in [1.54, 1.807) is 0 Å². The van der Waals surface area contributed by atoms with Crippen LogP contribution in [-0.2, 0) is 13.1 Å². The second kappa shape index (κ2) is 8.87. The Hall–Kier alpha value is -1.88. The van der Waals surface area contributed by atoms with Gasteiger partial charge in [0, 0.05) is 36.8 Å². The molecule has 27 heavy (non-hydrogen) atoms. The van der Waals surface area contributed by atoms with Gasteiger partial charge in [-0.15, -0.1) is 12.4 Å². The molecule has 2 fully saturated rings. The van der Waals surface area contributed by atoms with E-state index in [-0.39, 0.29) is 24.4 Å². The summed E-state index contributed by atoms with van der Waals surface area (Å²) in [7, 11) is 0. The summed E-state index contributed by atoms with van der Waals surface area (Å²) in [4.78, 5) is 15.2. The molecule has 2 saturated heterocycles. The van der Waals surface area contributed by atoms with Crippen LogP contribution in [-0.4, -0.2) is 28.9 Å². The summed E-state index contributed by atoms with van der Waals surface area (Å²) in [6.07, 6.45) is 4.59. The molecule has 0 saturated carbocycles. The molecule has 2 heterocycles. The van der Waals surface area contributed by atoms with Gasteiger partial charge in [0.15, 0.2) is 0 Å². The number of halogens is 1. The monoisotopic (exact) mass is 385 g/mol.